The number of hydrogen-bond donors (Lipinski definition) is 2. The molecule has 2 aromatic rings. The number of carbonyl (C=O) groups excluding carboxylic acids is 3. The van der Waals surface area contributed by atoms with Gasteiger partial charge in [-0.15, -0.1) is 0 Å². The number of carbonyl (C=O) groups is 3. The van der Waals surface area contributed by atoms with E-state index in [-0.39, 0.29) is 29.7 Å². The maximum absolute atomic E-state index is 12.9. The zero-order valence-corrected chi connectivity index (χ0v) is 16.9. The van der Waals surface area contributed by atoms with Crippen LogP contribution in [-0.2, 0) is 4.79 Å². The van der Waals surface area contributed by atoms with E-state index in [9.17, 15) is 14.4 Å². The predicted octanol–water partition coefficient (Wildman–Crippen LogP) is 3.32. The Morgan fingerprint density at radius 2 is 1.66 bits per heavy atom. The van der Waals surface area contributed by atoms with Crippen molar-refractivity contribution in [1.29, 1.82) is 0 Å². The van der Waals surface area contributed by atoms with Crippen molar-refractivity contribution >= 4 is 23.4 Å². The van der Waals surface area contributed by atoms with Crippen molar-refractivity contribution < 1.29 is 14.4 Å². The van der Waals surface area contributed by atoms with Crippen LogP contribution < -0.4 is 10.6 Å². The lowest BCUT2D eigenvalue weighted by molar-refractivity contribution is -0.126. The Morgan fingerprint density at radius 1 is 0.966 bits per heavy atom. The fourth-order valence-electron chi connectivity index (χ4n) is 3.45. The van der Waals surface area contributed by atoms with E-state index in [0.717, 1.165) is 12.8 Å². The number of nitrogens with one attached hydrogen (secondary N) is 2. The van der Waals surface area contributed by atoms with Gasteiger partial charge in [0.15, 0.2) is 0 Å². The molecule has 1 fully saturated rings. The van der Waals surface area contributed by atoms with Gasteiger partial charge in [0, 0.05) is 35.9 Å². The first-order valence-electron chi connectivity index (χ1n) is 10.00. The maximum atomic E-state index is 12.9. The molecule has 2 N–H and O–H groups in total. The van der Waals surface area contributed by atoms with Gasteiger partial charge < -0.3 is 15.5 Å². The smallest absolute Gasteiger partial charge is 0.255 e. The molecule has 0 bridgehead atoms. The van der Waals surface area contributed by atoms with Crippen molar-refractivity contribution in [2.45, 2.75) is 32.7 Å². The van der Waals surface area contributed by atoms with Gasteiger partial charge in [-0.05, 0) is 63.1 Å². The molecular formula is C23H27N3O3. The van der Waals surface area contributed by atoms with E-state index in [1.54, 1.807) is 41.3 Å². The molecule has 2 aromatic carbocycles. The monoisotopic (exact) mass is 393 g/mol. The van der Waals surface area contributed by atoms with Crippen LogP contribution in [0.2, 0.25) is 0 Å². The fourth-order valence-corrected chi connectivity index (χ4v) is 3.45. The highest BCUT2D eigenvalue weighted by molar-refractivity contribution is 6.04. The Bertz CT molecular complexity index is 863. The number of nitrogens with zero attached hydrogens (tertiary/aromatic N) is 1. The lowest BCUT2D eigenvalue weighted by atomic mass is 9.96. The lowest BCUT2D eigenvalue weighted by Gasteiger charge is -2.32. The molecule has 3 rings (SSSR count). The molecule has 0 spiro atoms. The minimum atomic E-state index is -0.195. The molecule has 1 saturated heterocycles. The summed E-state index contributed by atoms with van der Waals surface area (Å²) < 4.78 is 0. The summed E-state index contributed by atoms with van der Waals surface area (Å²) in [5.41, 5.74) is 1.75. The summed E-state index contributed by atoms with van der Waals surface area (Å²) in [6.45, 7) is 4.95. The normalized spacial score (nSPS) is 16.4. The summed E-state index contributed by atoms with van der Waals surface area (Å²) in [5, 5.41) is 5.76. The molecule has 1 aliphatic heterocycles. The summed E-state index contributed by atoms with van der Waals surface area (Å²) in [6, 6.07) is 15.9. The third-order valence-electron chi connectivity index (χ3n) is 4.94. The topological polar surface area (TPSA) is 78.5 Å². The number of piperidine rings is 1. The van der Waals surface area contributed by atoms with Crippen LogP contribution >= 0.6 is 0 Å². The average molecular weight is 393 g/mol. The van der Waals surface area contributed by atoms with Gasteiger partial charge in [-0.2, -0.15) is 0 Å². The van der Waals surface area contributed by atoms with Crippen LogP contribution in [0.4, 0.5) is 5.69 Å². The number of anilines is 1. The van der Waals surface area contributed by atoms with Gasteiger partial charge in [-0.3, -0.25) is 14.4 Å². The van der Waals surface area contributed by atoms with E-state index >= 15 is 0 Å². The van der Waals surface area contributed by atoms with Crippen LogP contribution in [0.3, 0.4) is 0 Å². The highest BCUT2D eigenvalue weighted by Crippen LogP contribution is 2.20. The van der Waals surface area contributed by atoms with Crippen LogP contribution in [0.1, 0.15) is 47.4 Å². The predicted molar refractivity (Wildman–Crippen MR) is 113 cm³/mol. The first-order valence-corrected chi connectivity index (χ1v) is 10.00. The second-order valence-electron chi connectivity index (χ2n) is 7.65. The highest BCUT2D eigenvalue weighted by Gasteiger charge is 2.29. The highest BCUT2D eigenvalue weighted by atomic mass is 16.2. The molecule has 0 aliphatic carbocycles. The zero-order chi connectivity index (χ0) is 20.8. The standard InChI is InChI=1S/C23H27N3O3/c1-16(2)24-22(28)19-9-6-14-26(15-19)23(29)18-10-12-20(13-11-18)25-21(27)17-7-4-3-5-8-17/h3-5,7-8,10-13,16,19H,6,9,14-15H2,1-2H3,(H,24,28)(H,25,27). The van der Waals surface area contributed by atoms with E-state index in [4.69, 9.17) is 0 Å². The number of benzene rings is 2. The average Bonchev–Trinajstić information content (AvgIpc) is 2.74. The van der Waals surface area contributed by atoms with Crippen LogP contribution in [-0.4, -0.2) is 41.8 Å². The van der Waals surface area contributed by atoms with Crippen molar-refractivity contribution in [2.75, 3.05) is 18.4 Å². The summed E-state index contributed by atoms with van der Waals surface area (Å²) in [7, 11) is 0. The minimum absolute atomic E-state index is 0.0106. The van der Waals surface area contributed by atoms with Crippen molar-refractivity contribution in [3.05, 3.63) is 65.7 Å². The number of amides is 3. The molecule has 0 aromatic heterocycles. The summed E-state index contributed by atoms with van der Waals surface area (Å²) in [4.78, 5) is 39.1. The van der Waals surface area contributed by atoms with E-state index in [0.29, 0.717) is 29.9 Å². The SMILES string of the molecule is CC(C)NC(=O)C1CCCN(C(=O)c2ccc(NC(=O)c3ccccc3)cc2)C1. The molecule has 1 unspecified atom stereocenters. The van der Waals surface area contributed by atoms with Crippen molar-refractivity contribution in [3.8, 4) is 0 Å². The van der Waals surface area contributed by atoms with Gasteiger partial charge in [-0.1, -0.05) is 18.2 Å². The van der Waals surface area contributed by atoms with Gasteiger partial charge >= 0.3 is 0 Å². The summed E-state index contributed by atoms with van der Waals surface area (Å²) >= 11 is 0. The third kappa shape index (κ3) is 5.44. The number of likely N-dealkylation sites (tertiary alicyclic amines) is 1. The number of hydrogen-bond acceptors (Lipinski definition) is 3. The molecule has 29 heavy (non-hydrogen) atoms. The molecule has 1 atom stereocenters. The molecule has 1 heterocycles. The molecular weight excluding hydrogens is 366 g/mol. The van der Waals surface area contributed by atoms with Crippen molar-refractivity contribution in [2.24, 2.45) is 5.92 Å². The van der Waals surface area contributed by atoms with Gasteiger partial charge in [0.2, 0.25) is 5.91 Å². The molecule has 0 saturated carbocycles. The summed E-state index contributed by atoms with van der Waals surface area (Å²) in [5.74, 6) is -0.441. The van der Waals surface area contributed by atoms with Crippen LogP contribution in [0.15, 0.2) is 54.6 Å². The molecule has 0 radical (unpaired) electrons. The minimum Gasteiger partial charge on any atom is -0.354 e. The first kappa shape index (κ1) is 20.6. The van der Waals surface area contributed by atoms with Gasteiger partial charge in [0.25, 0.3) is 11.8 Å². The van der Waals surface area contributed by atoms with Crippen LogP contribution in [0, 0.1) is 5.92 Å². The number of rotatable bonds is 5. The zero-order valence-electron chi connectivity index (χ0n) is 16.9. The lowest BCUT2D eigenvalue weighted by Crippen LogP contribution is -2.46. The molecule has 6 nitrogen and oxygen atoms in total. The first-order chi connectivity index (χ1) is 13.9. The van der Waals surface area contributed by atoms with Gasteiger partial charge in [-0.25, -0.2) is 0 Å². The van der Waals surface area contributed by atoms with Gasteiger partial charge in [0.1, 0.15) is 0 Å². The van der Waals surface area contributed by atoms with Gasteiger partial charge in [0.05, 0.1) is 5.92 Å². The Hall–Kier alpha value is -3.15. The Balaban J connectivity index is 1.61. The quantitative estimate of drug-likeness (QED) is 0.818. The molecule has 6 heteroatoms. The fraction of sp³-hybridized carbons (Fsp3) is 0.348. The maximum Gasteiger partial charge on any atom is 0.255 e. The van der Waals surface area contributed by atoms with E-state index in [1.807, 2.05) is 32.0 Å². The largest absolute Gasteiger partial charge is 0.354 e. The van der Waals surface area contributed by atoms with E-state index < -0.39 is 0 Å². The Labute approximate surface area is 171 Å². The Morgan fingerprint density at radius 3 is 2.31 bits per heavy atom. The molecule has 3 amide bonds. The van der Waals surface area contributed by atoms with Crippen molar-refractivity contribution in [1.82, 2.24) is 10.2 Å². The molecule has 1 aliphatic rings. The van der Waals surface area contributed by atoms with Crippen LogP contribution in [0.5, 0.6) is 0 Å². The van der Waals surface area contributed by atoms with E-state index in [2.05, 4.69) is 10.6 Å². The summed E-state index contributed by atoms with van der Waals surface area (Å²) in [6.07, 6.45) is 1.61. The molecule has 152 valence electrons. The van der Waals surface area contributed by atoms with Crippen LogP contribution in [0.25, 0.3) is 0 Å². The second-order valence-corrected chi connectivity index (χ2v) is 7.65. The second kappa shape index (κ2) is 9.37. The van der Waals surface area contributed by atoms with E-state index in [1.165, 1.54) is 0 Å². The third-order valence-corrected chi connectivity index (χ3v) is 4.94. The Kier molecular flexibility index (Phi) is 6.65. The van der Waals surface area contributed by atoms with Crippen molar-refractivity contribution in [3.63, 3.8) is 0 Å².